The normalized spacial score (nSPS) is 19.3. The highest BCUT2D eigenvalue weighted by molar-refractivity contribution is 7.96. The van der Waals surface area contributed by atoms with Gasteiger partial charge in [-0.2, -0.15) is 11.3 Å². The second kappa shape index (κ2) is 3.63. The van der Waals surface area contributed by atoms with Crippen molar-refractivity contribution >= 4 is 22.2 Å². The standard InChI is InChI=1S/C9H13S2/c1-2-6-11(5-1)8-9-3-4-10-7-9/h3-4,7H,1-2,5-6,8H2/q+1. The maximum atomic E-state index is 2.30. The predicted molar refractivity (Wildman–Crippen MR) is 54.4 cm³/mol. The zero-order valence-corrected chi connectivity index (χ0v) is 8.22. The van der Waals surface area contributed by atoms with Gasteiger partial charge >= 0.3 is 0 Å². The minimum absolute atomic E-state index is 0.750. The van der Waals surface area contributed by atoms with E-state index in [9.17, 15) is 0 Å². The van der Waals surface area contributed by atoms with Crippen molar-refractivity contribution in [2.24, 2.45) is 0 Å². The van der Waals surface area contributed by atoms with Crippen LogP contribution in [0.3, 0.4) is 0 Å². The van der Waals surface area contributed by atoms with Crippen molar-refractivity contribution in [2.45, 2.75) is 18.6 Å². The molecular weight excluding hydrogens is 172 g/mol. The van der Waals surface area contributed by atoms with Gasteiger partial charge in [0.25, 0.3) is 0 Å². The van der Waals surface area contributed by atoms with Crippen LogP contribution in [0.5, 0.6) is 0 Å². The first-order valence-corrected chi connectivity index (χ1v) is 6.78. The fraction of sp³-hybridized carbons (Fsp3) is 0.556. The summed E-state index contributed by atoms with van der Waals surface area (Å²) in [5.74, 6) is 4.36. The maximum Gasteiger partial charge on any atom is 0.134 e. The van der Waals surface area contributed by atoms with E-state index in [1.807, 2.05) is 11.3 Å². The summed E-state index contributed by atoms with van der Waals surface area (Å²) in [5.41, 5.74) is 1.57. The second-order valence-electron chi connectivity index (χ2n) is 3.00. The molecule has 1 aromatic rings. The summed E-state index contributed by atoms with van der Waals surface area (Å²) in [6, 6.07) is 2.27. The monoisotopic (exact) mass is 185 g/mol. The zero-order chi connectivity index (χ0) is 7.52. The van der Waals surface area contributed by atoms with Gasteiger partial charge in [-0.1, -0.05) is 0 Å². The van der Waals surface area contributed by atoms with E-state index in [-0.39, 0.29) is 0 Å². The average Bonchev–Trinajstić information content (AvgIpc) is 2.60. The topological polar surface area (TPSA) is 0 Å². The molecule has 0 atom stereocenters. The maximum absolute atomic E-state index is 2.30. The number of hydrogen-bond acceptors (Lipinski definition) is 1. The zero-order valence-electron chi connectivity index (χ0n) is 6.58. The van der Waals surface area contributed by atoms with Gasteiger partial charge in [0.05, 0.1) is 0 Å². The summed E-state index contributed by atoms with van der Waals surface area (Å²) in [4.78, 5) is 0. The number of rotatable bonds is 2. The molecular formula is C9H13S2+. The van der Waals surface area contributed by atoms with Crippen molar-refractivity contribution in [1.29, 1.82) is 0 Å². The lowest BCUT2D eigenvalue weighted by atomic mass is 10.4. The van der Waals surface area contributed by atoms with Crippen LogP contribution in [0.15, 0.2) is 16.8 Å². The predicted octanol–water partition coefficient (Wildman–Crippen LogP) is 2.66. The highest BCUT2D eigenvalue weighted by Crippen LogP contribution is 2.19. The minimum atomic E-state index is 0.750. The third-order valence-corrected chi connectivity index (χ3v) is 5.27. The molecule has 0 unspecified atom stereocenters. The molecule has 0 aromatic carbocycles. The average molecular weight is 185 g/mol. The van der Waals surface area contributed by atoms with Gasteiger partial charge in [0.1, 0.15) is 17.3 Å². The molecule has 1 aliphatic rings. The lowest BCUT2D eigenvalue weighted by Gasteiger charge is -1.96. The Morgan fingerprint density at radius 3 is 2.82 bits per heavy atom. The Hall–Kier alpha value is 0.0500. The van der Waals surface area contributed by atoms with E-state index >= 15 is 0 Å². The van der Waals surface area contributed by atoms with E-state index in [4.69, 9.17) is 0 Å². The lowest BCUT2D eigenvalue weighted by Crippen LogP contribution is -2.05. The van der Waals surface area contributed by atoms with Crippen LogP contribution in [0.25, 0.3) is 0 Å². The lowest BCUT2D eigenvalue weighted by molar-refractivity contribution is 0.949. The molecule has 1 saturated heterocycles. The van der Waals surface area contributed by atoms with Crippen LogP contribution in [-0.4, -0.2) is 11.5 Å². The van der Waals surface area contributed by atoms with E-state index in [2.05, 4.69) is 16.8 Å². The number of thiophene rings is 1. The second-order valence-corrected chi connectivity index (χ2v) is 6.11. The SMILES string of the molecule is c1cc(C[S+]2CCCC2)cs1. The molecule has 2 rings (SSSR count). The summed E-state index contributed by atoms with van der Waals surface area (Å²) in [5, 5.41) is 4.49. The van der Waals surface area contributed by atoms with Crippen molar-refractivity contribution in [3.8, 4) is 0 Å². The molecule has 0 spiro atoms. The van der Waals surface area contributed by atoms with Crippen molar-refractivity contribution in [3.63, 3.8) is 0 Å². The fourth-order valence-corrected chi connectivity index (χ4v) is 4.61. The summed E-state index contributed by atoms with van der Waals surface area (Å²) < 4.78 is 0. The van der Waals surface area contributed by atoms with Gasteiger partial charge in [-0.3, -0.25) is 0 Å². The Morgan fingerprint density at radius 2 is 2.18 bits per heavy atom. The van der Waals surface area contributed by atoms with Gasteiger partial charge in [-0.25, -0.2) is 0 Å². The van der Waals surface area contributed by atoms with Crippen LogP contribution in [0.2, 0.25) is 0 Å². The largest absolute Gasteiger partial charge is 0.152 e. The Labute approximate surface area is 75.0 Å². The third-order valence-electron chi connectivity index (χ3n) is 2.07. The molecule has 1 aromatic heterocycles. The molecule has 0 aliphatic carbocycles. The van der Waals surface area contributed by atoms with Crippen LogP contribution < -0.4 is 0 Å². The summed E-state index contributed by atoms with van der Waals surface area (Å²) in [6.07, 6.45) is 2.96. The molecule has 60 valence electrons. The van der Waals surface area contributed by atoms with Gasteiger partial charge in [0, 0.05) is 5.56 Å². The molecule has 0 N–H and O–H groups in total. The molecule has 1 aliphatic heterocycles. The smallest absolute Gasteiger partial charge is 0.134 e. The van der Waals surface area contributed by atoms with Gasteiger partial charge in [0.15, 0.2) is 0 Å². The van der Waals surface area contributed by atoms with Crippen LogP contribution in [0.1, 0.15) is 18.4 Å². The van der Waals surface area contributed by atoms with Crippen LogP contribution in [0, 0.1) is 0 Å². The van der Waals surface area contributed by atoms with Crippen LogP contribution in [0.4, 0.5) is 0 Å². The Bertz CT molecular complexity index is 197. The minimum Gasteiger partial charge on any atom is -0.152 e. The highest BCUT2D eigenvalue weighted by Gasteiger charge is 2.23. The molecule has 0 radical (unpaired) electrons. The first-order valence-electron chi connectivity index (χ1n) is 4.10. The Morgan fingerprint density at radius 1 is 1.36 bits per heavy atom. The quantitative estimate of drug-likeness (QED) is 0.621. The third kappa shape index (κ3) is 2.00. The van der Waals surface area contributed by atoms with Crippen molar-refractivity contribution in [3.05, 3.63) is 22.4 Å². The van der Waals surface area contributed by atoms with E-state index in [0.717, 1.165) is 10.9 Å². The highest BCUT2D eigenvalue weighted by atomic mass is 32.2. The molecule has 2 heterocycles. The molecule has 11 heavy (non-hydrogen) atoms. The molecule has 0 bridgehead atoms. The Balaban J connectivity index is 1.90. The molecule has 1 fully saturated rings. The van der Waals surface area contributed by atoms with E-state index in [0.29, 0.717) is 0 Å². The Kier molecular flexibility index (Phi) is 2.54. The van der Waals surface area contributed by atoms with Gasteiger partial charge < -0.3 is 0 Å². The van der Waals surface area contributed by atoms with Crippen LogP contribution in [-0.2, 0) is 16.6 Å². The van der Waals surface area contributed by atoms with Gasteiger partial charge in [-0.15, -0.1) is 0 Å². The fourth-order valence-electron chi connectivity index (χ4n) is 1.47. The first-order chi connectivity index (χ1) is 5.45. The molecule has 0 saturated carbocycles. The van der Waals surface area contributed by atoms with E-state index < -0.39 is 0 Å². The first kappa shape index (κ1) is 7.69. The van der Waals surface area contributed by atoms with E-state index in [1.165, 1.54) is 30.1 Å². The van der Waals surface area contributed by atoms with Gasteiger partial charge in [-0.05, 0) is 40.6 Å². The summed E-state index contributed by atoms with van der Waals surface area (Å²) in [6.45, 7) is 0. The van der Waals surface area contributed by atoms with Gasteiger partial charge in [0.2, 0.25) is 0 Å². The van der Waals surface area contributed by atoms with Crippen molar-refractivity contribution in [2.75, 3.05) is 11.5 Å². The molecule has 0 nitrogen and oxygen atoms in total. The summed E-state index contributed by atoms with van der Waals surface area (Å²) >= 11 is 1.83. The molecule has 2 heteroatoms. The van der Waals surface area contributed by atoms with Crippen molar-refractivity contribution in [1.82, 2.24) is 0 Å². The van der Waals surface area contributed by atoms with E-state index in [1.54, 1.807) is 5.56 Å². The molecule has 0 amide bonds. The van der Waals surface area contributed by atoms with Crippen molar-refractivity contribution < 1.29 is 0 Å². The number of hydrogen-bond donors (Lipinski definition) is 0. The van der Waals surface area contributed by atoms with Crippen LogP contribution >= 0.6 is 11.3 Å². The summed E-state index contributed by atoms with van der Waals surface area (Å²) in [7, 11) is 0.750.